The molecule has 0 saturated heterocycles. The van der Waals surface area contributed by atoms with Crippen molar-refractivity contribution in [2.45, 2.75) is 12.5 Å². The van der Waals surface area contributed by atoms with Gasteiger partial charge in [0.25, 0.3) is 0 Å². The fourth-order valence-electron chi connectivity index (χ4n) is 9.18. The average Bonchev–Trinajstić information content (AvgIpc) is 3.94. The highest BCUT2D eigenvalue weighted by atomic mass is 16.3. The largest absolute Gasteiger partial charge is 0.456 e. The van der Waals surface area contributed by atoms with E-state index in [1.165, 1.54) is 38.1 Å². The van der Waals surface area contributed by atoms with Crippen molar-refractivity contribution >= 4 is 77.1 Å². The van der Waals surface area contributed by atoms with Crippen molar-refractivity contribution in [2.24, 2.45) is 9.98 Å². The Bertz CT molecular complexity index is 3420. The third kappa shape index (κ3) is 4.89. The van der Waals surface area contributed by atoms with E-state index < -0.39 is 0 Å². The van der Waals surface area contributed by atoms with Crippen LogP contribution in [0.25, 0.3) is 76.9 Å². The van der Waals surface area contributed by atoms with Gasteiger partial charge in [0.15, 0.2) is 5.84 Å². The van der Waals surface area contributed by atoms with Crippen LogP contribution in [0.15, 0.2) is 202 Å². The third-order valence-corrected chi connectivity index (χ3v) is 11.7. The molecule has 0 fully saturated rings. The number of para-hydroxylation sites is 3. The van der Waals surface area contributed by atoms with E-state index in [1.54, 1.807) is 0 Å². The number of aliphatic imine (C=N–C) groups is 2. The molecule has 12 rings (SSSR count). The Morgan fingerprint density at radius 2 is 1.07 bits per heavy atom. The summed E-state index contributed by atoms with van der Waals surface area (Å²) in [4.78, 5) is 10.6. The molecule has 0 bridgehead atoms. The molecule has 4 heterocycles. The molecule has 0 spiro atoms. The van der Waals surface area contributed by atoms with Gasteiger partial charge in [0.2, 0.25) is 0 Å². The summed E-state index contributed by atoms with van der Waals surface area (Å²) in [5, 5.41) is 7.03. The summed E-state index contributed by atoms with van der Waals surface area (Å²) >= 11 is 0. The number of fused-ring (bicyclic) bond motifs is 10. The number of hydrogen-bond donors (Lipinski definition) is 0. The monoisotopic (exact) mass is 730 g/mol. The van der Waals surface area contributed by atoms with Crippen LogP contribution in [0.4, 0.5) is 0 Å². The molecule has 8 aromatic carbocycles. The highest BCUT2D eigenvalue weighted by molar-refractivity contribution is 6.29. The van der Waals surface area contributed by atoms with Crippen LogP contribution in [0.5, 0.6) is 0 Å². The molecule has 0 N–H and O–H groups in total. The Hall–Kier alpha value is -7.50. The molecule has 268 valence electrons. The fraction of sp³-hybridized carbons (Fsp3) is 0.0385. The number of aromatic nitrogens is 2. The second kappa shape index (κ2) is 12.5. The van der Waals surface area contributed by atoms with Crippen LogP contribution >= 0.6 is 0 Å². The lowest BCUT2D eigenvalue weighted by molar-refractivity contribution is 0.668. The number of hydrogen-bond acceptors (Lipinski definition) is 3. The van der Waals surface area contributed by atoms with Gasteiger partial charge >= 0.3 is 0 Å². The minimum absolute atomic E-state index is 0.0441. The van der Waals surface area contributed by atoms with Gasteiger partial charge < -0.3 is 13.6 Å². The first-order valence-corrected chi connectivity index (χ1v) is 19.5. The molecule has 57 heavy (non-hydrogen) atoms. The van der Waals surface area contributed by atoms with Gasteiger partial charge in [-0.3, -0.25) is 4.99 Å². The predicted molar refractivity (Wildman–Crippen MR) is 236 cm³/mol. The molecular formula is C52H34N4O. The quantitative estimate of drug-likeness (QED) is 0.174. The lowest BCUT2D eigenvalue weighted by atomic mass is 9.95. The first kappa shape index (κ1) is 31.8. The topological polar surface area (TPSA) is 47.7 Å². The van der Waals surface area contributed by atoms with Crippen LogP contribution < -0.4 is 0 Å². The maximum absolute atomic E-state index is 6.73. The maximum Gasteiger partial charge on any atom is 0.156 e. The summed E-state index contributed by atoms with van der Waals surface area (Å²) in [7, 11) is 0. The second-order valence-electron chi connectivity index (χ2n) is 14.9. The van der Waals surface area contributed by atoms with Gasteiger partial charge in [0, 0.05) is 61.7 Å². The molecule has 0 amide bonds. The van der Waals surface area contributed by atoms with E-state index in [4.69, 9.17) is 14.4 Å². The second-order valence-corrected chi connectivity index (χ2v) is 14.9. The van der Waals surface area contributed by atoms with Crippen molar-refractivity contribution in [2.75, 3.05) is 0 Å². The van der Waals surface area contributed by atoms with E-state index in [2.05, 4.69) is 191 Å². The van der Waals surface area contributed by atoms with Crippen molar-refractivity contribution in [1.29, 1.82) is 0 Å². The molecule has 11 aromatic rings. The third-order valence-electron chi connectivity index (χ3n) is 11.7. The van der Waals surface area contributed by atoms with E-state index in [0.717, 1.165) is 73.4 Å². The maximum atomic E-state index is 6.73. The van der Waals surface area contributed by atoms with Gasteiger partial charge in [0.1, 0.15) is 11.2 Å². The molecule has 0 radical (unpaired) electrons. The van der Waals surface area contributed by atoms with E-state index in [-0.39, 0.29) is 6.04 Å². The van der Waals surface area contributed by atoms with E-state index in [9.17, 15) is 0 Å². The van der Waals surface area contributed by atoms with Crippen LogP contribution in [0, 0.1) is 0 Å². The first-order valence-electron chi connectivity index (χ1n) is 19.5. The number of benzene rings is 8. The summed E-state index contributed by atoms with van der Waals surface area (Å²) in [6.07, 6.45) is 0.737. The summed E-state index contributed by atoms with van der Waals surface area (Å²) < 4.78 is 11.5. The summed E-state index contributed by atoms with van der Waals surface area (Å²) in [6.45, 7) is 0. The zero-order chi connectivity index (χ0) is 37.5. The van der Waals surface area contributed by atoms with Crippen LogP contribution in [-0.2, 0) is 0 Å². The molecule has 5 nitrogen and oxygen atoms in total. The molecule has 1 atom stereocenters. The summed E-state index contributed by atoms with van der Waals surface area (Å²) in [5.74, 6) is 0.729. The number of rotatable bonds is 5. The number of nitrogens with zero attached hydrogens (tertiary/aromatic N) is 4. The van der Waals surface area contributed by atoms with Crippen LogP contribution in [0.1, 0.15) is 29.2 Å². The van der Waals surface area contributed by atoms with Gasteiger partial charge in [-0.25, -0.2) is 4.99 Å². The molecular weight excluding hydrogens is 697 g/mol. The first-order chi connectivity index (χ1) is 28.3. The van der Waals surface area contributed by atoms with Crippen molar-refractivity contribution in [3.8, 4) is 11.4 Å². The molecule has 1 aliphatic rings. The minimum Gasteiger partial charge on any atom is -0.456 e. The molecule has 1 aliphatic heterocycles. The molecule has 1 unspecified atom stereocenters. The summed E-state index contributed by atoms with van der Waals surface area (Å²) in [5.41, 5.74) is 12.8. The lowest BCUT2D eigenvalue weighted by Crippen LogP contribution is -2.17. The predicted octanol–water partition coefficient (Wildman–Crippen LogP) is 13.2. The zero-order valence-electron chi connectivity index (χ0n) is 30.9. The highest BCUT2D eigenvalue weighted by Crippen LogP contribution is 2.43. The Labute approximate surface area is 328 Å². The Morgan fingerprint density at radius 3 is 1.77 bits per heavy atom. The van der Waals surface area contributed by atoms with Crippen molar-refractivity contribution < 1.29 is 4.42 Å². The fourth-order valence-corrected chi connectivity index (χ4v) is 9.18. The van der Waals surface area contributed by atoms with Gasteiger partial charge in [-0.2, -0.15) is 0 Å². The zero-order valence-corrected chi connectivity index (χ0v) is 30.9. The van der Waals surface area contributed by atoms with Crippen LogP contribution in [-0.4, -0.2) is 20.7 Å². The van der Waals surface area contributed by atoms with Crippen molar-refractivity contribution in [1.82, 2.24) is 9.13 Å². The smallest absolute Gasteiger partial charge is 0.156 e. The van der Waals surface area contributed by atoms with E-state index in [1.807, 2.05) is 6.07 Å². The standard InChI is InChI=1S/C52H34N4O/c1-4-15-33(16-5-1)41-32-42(34-17-6-2-7-18-34)54-52(53-41)40-23-14-26-47-49(40)39-28-27-36(31-48(39)57-47)56-44-25-13-11-22-38(44)51-46(56)30-29-45-50(51)37-21-10-12-24-43(37)55(45)35-19-8-3-9-20-35/h1-31,41H,32H2. The molecule has 0 saturated carbocycles. The van der Waals surface area contributed by atoms with E-state index >= 15 is 0 Å². The SMILES string of the molecule is c1ccc(C2=NC(c3cccc4oc5cc(-n6c7ccccc7c7c8c9ccccc9n(-c9ccccc9)c8ccc76)ccc5c34)=NC(c3ccccc3)C2)cc1. The molecule has 3 aromatic heterocycles. The minimum atomic E-state index is -0.0441. The normalized spacial score (nSPS) is 14.6. The van der Waals surface area contributed by atoms with Gasteiger partial charge in [-0.15, -0.1) is 0 Å². The summed E-state index contributed by atoms with van der Waals surface area (Å²) in [6, 6.07) is 66.6. The van der Waals surface area contributed by atoms with Crippen LogP contribution in [0.2, 0.25) is 0 Å². The van der Waals surface area contributed by atoms with Gasteiger partial charge in [-0.1, -0.05) is 127 Å². The average molecular weight is 731 g/mol. The number of amidine groups is 1. The Kier molecular flexibility index (Phi) is 6.99. The van der Waals surface area contributed by atoms with Gasteiger partial charge in [-0.05, 0) is 65.7 Å². The Balaban J connectivity index is 1.06. The number of furan rings is 1. The highest BCUT2D eigenvalue weighted by Gasteiger charge is 2.25. The van der Waals surface area contributed by atoms with Crippen LogP contribution in [0.3, 0.4) is 0 Å². The van der Waals surface area contributed by atoms with E-state index in [0.29, 0.717) is 0 Å². The molecule has 5 heteroatoms. The molecule has 0 aliphatic carbocycles. The van der Waals surface area contributed by atoms with Crippen molar-refractivity contribution in [3.63, 3.8) is 0 Å². The van der Waals surface area contributed by atoms with Crippen molar-refractivity contribution in [3.05, 3.63) is 205 Å². The van der Waals surface area contributed by atoms with Gasteiger partial charge in [0.05, 0.1) is 33.8 Å². The Morgan fingerprint density at radius 1 is 0.456 bits per heavy atom. The lowest BCUT2D eigenvalue weighted by Gasteiger charge is -2.21.